The largest absolute Gasteiger partial charge is 0.349 e. The third kappa shape index (κ3) is 3.46. The molecule has 1 aromatic heterocycles. The predicted octanol–water partition coefficient (Wildman–Crippen LogP) is 3.10. The van der Waals surface area contributed by atoms with Crippen molar-refractivity contribution >= 4 is 28.8 Å². The second kappa shape index (κ2) is 6.04. The molecule has 0 radical (unpaired) electrons. The number of nitrogens with two attached hydrogens (primary N) is 1. The van der Waals surface area contributed by atoms with Crippen molar-refractivity contribution in [2.24, 2.45) is 11.7 Å². The van der Waals surface area contributed by atoms with E-state index in [1.807, 2.05) is 19.1 Å². The number of amides is 1. The standard InChI is InChI=1S/C13H19ClN2OS/c1-8(11-5-6-12(14)18-11)16-13(17)7-9-3-2-4-10(9)15/h5-6,8-10H,2-4,7,15H2,1H3,(H,16,17)/t8?,9-,10+/m0/s1. The lowest BCUT2D eigenvalue weighted by Gasteiger charge is -2.17. The monoisotopic (exact) mass is 286 g/mol. The number of thiophene rings is 1. The van der Waals surface area contributed by atoms with E-state index >= 15 is 0 Å². The SMILES string of the molecule is CC(NC(=O)C[C@@H]1CCC[C@H]1N)c1ccc(Cl)s1. The molecule has 3 N–H and O–H groups in total. The second-order valence-electron chi connectivity index (χ2n) is 4.99. The lowest BCUT2D eigenvalue weighted by atomic mass is 10.00. The van der Waals surface area contributed by atoms with Gasteiger partial charge in [-0.3, -0.25) is 4.79 Å². The van der Waals surface area contributed by atoms with E-state index in [0.29, 0.717) is 12.3 Å². The van der Waals surface area contributed by atoms with Crippen molar-refractivity contribution < 1.29 is 4.79 Å². The highest BCUT2D eigenvalue weighted by Crippen LogP contribution is 2.28. The zero-order chi connectivity index (χ0) is 13.1. The molecular weight excluding hydrogens is 268 g/mol. The Labute approximate surface area is 117 Å². The van der Waals surface area contributed by atoms with Crippen LogP contribution in [0.15, 0.2) is 12.1 Å². The third-order valence-corrected chi connectivity index (χ3v) is 4.98. The molecule has 0 aromatic carbocycles. The second-order valence-corrected chi connectivity index (χ2v) is 6.74. The number of hydrogen-bond donors (Lipinski definition) is 2. The zero-order valence-corrected chi connectivity index (χ0v) is 12.1. The molecule has 1 amide bonds. The van der Waals surface area contributed by atoms with Crippen molar-refractivity contribution in [3.8, 4) is 0 Å². The number of rotatable bonds is 4. The first-order chi connectivity index (χ1) is 8.56. The van der Waals surface area contributed by atoms with Gasteiger partial charge in [0.05, 0.1) is 10.4 Å². The van der Waals surface area contributed by atoms with E-state index in [1.54, 1.807) is 0 Å². The molecule has 100 valence electrons. The van der Waals surface area contributed by atoms with Crippen LogP contribution >= 0.6 is 22.9 Å². The smallest absolute Gasteiger partial charge is 0.220 e. The maximum absolute atomic E-state index is 11.9. The Morgan fingerprint density at radius 3 is 2.94 bits per heavy atom. The highest BCUT2D eigenvalue weighted by atomic mass is 35.5. The predicted molar refractivity (Wildman–Crippen MR) is 75.8 cm³/mol. The van der Waals surface area contributed by atoms with Gasteiger partial charge in [-0.25, -0.2) is 0 Å². The van der Waals surface area contributed by atoms with Crippen LogP contribution in [0.2, 0.25) is 4.34 Å². The summed E-state index contributed by atoms with van der Waals surface area (Å²) in [5.41, 5.74) is 5.98. The Morgan fingerprint density at radius 2 is 2.39 bits per heavy atom. The van der Waals surface area contributed by atoms with Gasteiger partial charge in [-0.1, -0.05) is 18.0 Å². The quantitative estimate of drug-likeness (QED) is 0.894. The Balaban J connectivity index is 1.83. The molecular formula is C13H19ClN2OS. The maximum atomic E-state index is 11.9. The molecule has 1 heterocycles. The van der Waals surface area contributed by atoms with Crippen LogP contribution in [0.1, 0.15) is 43.5 Å². The van der Waals surface area contributed by atoms with E-state index in [9.17, 15) is 4.79 Å². The summed E-state index contributed by atoms with van der Waals surface area (Å²) in [6, 6.07) is 4.03. The van der Waals surface area contributed by atoms with Gasteiger partial charge in [-0.15, -0.1) is 11.3 Å². The van der Waals surface area contributed by atoms with E-state index in [0.717, 1.165) is 28.5 Å². The zero-order valence-electron chi connectivity index (χ0n) is 10.5. The molecule has 18 heavy (non-hydrogen) atoms. The summed E-state index contributed by atoms with van der Waals surface area (Å²) in [6.07, 6.45) is 3.82. The fourth-order valence-corrected chi connectivity index (χ4v) is 3.55. The van der Waals surface area contributed by atoms with Crippen LogP contribution in [0.3, 0.4) is 0 Å². The first kappa shape index (κ1) is 13.8. The first-order valence-electron chi connectivity index (χ1n) is 6.36. The van der Waals surface area contributed by atoms with Gasteiger partial charge in [0.25, 0.3) is 0 Å². The highest BCUT2D eigenvalue weighted by molar-refractivity contribution is 7.16. The number of nitrogens with one attached hydrogen (secondary N) is 1. The van der Waals surface area contributed by atoms with Crippen molar-refractivity contribution in [1.82, 2.24) is 5.32 Å². The molecule has 1 aliphatic carbocycles. The maximum Gasteiger partial charge on any atom is 0.220 e. The first-order valence-corrected chi connectivity index (χ1v) is 7.56. The fourth-order valence-electron chi connectivity index (χ4n) is 2.49. The summed E-state index contributed by atoms with van der Waals surface area (Å²) in [5.74, 6) is 0.443. The Kier molecular flexibility index (Phi) is 4.65. The third-order valence-electron chi connectivity index (χ3n) is 3.56. The Hall–Kier alpha value is -0.580. The van der Waals surface area contributed by atoms with Crippen LogP contribution in [-0.2, 0) is 4.79 Å². The summed E-state index contributed by atoms with van der Waals surface area (Å²) in [7, 11) is 0. The van der Waals surface area contributed by atoms with E-state index in [-0.39, 0.29) is 18.0 Å². The van der Waals surface area contributed by atoms with Crippen molar-refractivity contribution in [3.63, 3.8) is 0 Å². The summed E-state index contributed by atoms with van der Waals surface area (Å²) < 4.78 is 0.754. The van der Waals surface area contributed by atoms with Gasteiger partial charge in [-0.2, -0.15) is 0 Å². The molecule has 1 aliphatic rings. The van der Waals surface area contributed by atoms with Crippen molar-refractivity contribution in [1.29, 1.82) is 0 Å². The van der Waals surface area contributed by atoms with Crippen LogP contribution in [0, 0.1) is 5.92 Å². The average molecular weight is 287 g/mol. The van der Waals surface area contributed by atoms with E-state index in [1.165, 1.54) is 11.3 Å². The number of carbonyl (C=O) groups is 1. The molecule has 1 fully saturated rings. The molecule has 0 bridgehead atoms. The van der Waals surface area contributed by atoms with E-state index in [4.69, 9.17) is 17.3 Å². The van der Waals surface area contributed by atoms with Gasteiger partial charge in [-0.05, 0) is 37.8 Å². The molecule has 1 aromatic rings. The minimum absolute atomic E-state index is 0.0210. The van der Waals surface area contributed by atoms with Gasteiger partial charge < -0.3 is 11.1 Å². The van der Waals surface area contributed by atoms with Gasteiger partial charge in [0.2, 0.25) is 5.91 Å². The van der Waals surface area contributed by atoms with E-state index in [2.05, 4.69) is 5.32 Å². The molecule has 1 unspecified atom stereocenters. The summed E-state index contributed by atoms with van der Waals surface area (Å²) in [5, 5.41) is 3.01. The summed E-state index contributed by atoms with van der Waals surface area (Å²) in [4.78, 5) is 13.0. The van der Waals surface area contributed by atoms with Crippen molar-refractivity contribution in [3.05, 3.63) is 21.3 Å². The highest BCUT2D eigenvalue weighted by Gasteiger charge is 2.26. The lowest BCUT2D eigenvalue weighted by molar-refractivity contribution is -0.122. The van der Waals surface area contributed by atoms with Crippen LogP contribution in [0.25, 0.3) is 0 Å². The number of hydrogen-bond acceptors (Lipinski definition) is 3. The molecule has 1 saturated carbocycles. The van der Waals surface area contributed by atoms with Crippen molar-refractivity contribution in [2.75, 3.05) is 0 Å². The van der Waals surface area contributed by atoms with Gasteiger partial charge >= 0.3 is 0 Å². The minimum atomic E-state index is 0.0210. The van der Waals surface area contributed by atoms with Gasteiger partial charge in [0.1, 0.15) is 0 Å². The fraction of sp³-hybridized carbons (Fsp3) is 0.615. The Bertz CT molecular complexity index is 421. The molecule has 0 spiro atoms. The number of carbonyl (C=O) groups excluding carboxylic acids is 1. The molecule has 2 rings (SSSR count). The van der Waals surface area contributed by atoms with E-state index < -0.39 is 0 Å². The molecule has 3 atom stereocenters. The average Bonchev–Trinajstić information content (AvgIpc) is 2.89. The van der Waals surface area contributed by atoms with Crippen molar-refractivity contribution in [2.45, 2.75) is 44.7 Å². The van der Waals surface area contributed by atoms with Crippen LogP contribution in [-0.4, -0.2) is 11.9 Å². The topological polar surface area (TPSA) is 55.1 Å². The van der Waals surface area contributed by atoms with Gasteiger partial charge in [0, 0.05) is 17.3 Å². The Morgan fingerprint density at radius 1 is 1.61 bits per heavy atom. The molecule has 0 saturated heterocycles. The number of halogens is 1. The lowest BCUT2D eigenvalue weighted by Crippen LogP contribution is -2.32. The summed E-state index contributed by atoms with van der Waals surface area (Å²) in [6.45, 7) is 1.98. The van der Waals surface area contributed by atoms with Crippen LogP contribution in [0.4, 0.5) is 0 Å². The minimum Gasteiger partial charge on any atom is -0.349 e. The normalized spacial score (nSPS) is 25.1. The molecule has 0 aliphatic heterocycles. The van der Waals surface area contributed by atoms with Gasteiger partial charge in [0.15, 0.2) is 0 Å². The molecule has 5 heteroatoms. The van der Waals surface area contributed by atoms with Crippen LogP contribution in [0.5, 0.6) is 0 Å². The van der Waals surface area contributed by atoms with Crippen LogP contribution < -0.4 is 11.1 Å². The summed E-state index contributed by atoms with van der Waals surface area (Å²) >= 11 is 7.39. The molecule has 3 nitrogen and oxygen atoms in total.